The van der Waals surface area contributed by atoms with E-state index in [-0.39, 0.29) is 5.91 Å². The highest BCUT2D eigenvalue weighted by atomic mass is 16.5. The van der Waals surface area contributed by atoms with E-state index in [1.807, 2.05) is 29.2 Å². The average Bonchev–Trinajstić information content (AvgIpc) is 3.32. The Morgan fingerprint density at radius 1 is 1.04 bits per heavy atom. The van der Waals surface area contributed by atoms with E-state index in [2.05, 4.69) is 15.0 Å². The van der Waals surface area contributed by atoms with Crippen LogP contribution >= 0.6 is 0 Å². The van der Waals surface area contributed by atoms with Crippen LogP contribution in [0.4, 0.5) is 6.01 Å². The van der Waals surface area contributed by atoms with Gasteiger partial charge in [0.1, 0.15) is 11.3 Å². The molecule has 3 aromatic rings. The molecule has 1 saturated heterocycles. The third-order valence-corrected chi connectivity index (χ3v) is 5.27. The number of nitrogens with zero attached hydrogens (tertiary/aromatic N) is 4. The molecule has 1 amide bonds. The van der Waals surface area contributed by atoms with Gasteiger partial charge in [-0.15, -0.1) is 0 Å². The second-order valence-corrected chi connectivity index (χ2v) is 6.88. The van der Waals surface area contributed by atoms with E-state index in [4.69, 9.17) is 8.94 Å². The van der Waals surface area contributed by atoms with Gasteiger partial charge in [0.15, 0.2) is 11.3 Å². The topological polar surface area (TPSA) is 75.6 Å². The van der Waals surface area contributed by atoms with Crippen LogP contribution in [0.15, 0.2) is 33.2 Å². The highest BCUT2D eigenvalue weighted by molar-refractivity contribution is 5.94. The SMILES string of the molecule is O=C(c1noc2c1CCCC2)N1CCN(c2nc3ccccc3o2)CC1. The molecule has 0 N–H and O–H groups in total. The van der Waals surface area contributed by atoms with E-state index >= 15 is 0 Å². The second kappa shape index (κ2) is 6.16. The zero-order valence-electron chi connectivity index (χ0n) is 14.5. The second-order valence-electron chi connectivity index (χ2n) is 6.88. The lowest BCUT2D eigenvalue weighted by molar-refractivity contribution is 0.0733. The van der Waals surface area contributed by atoms with Gasteiger partial charge in [-0.25, -0.2) is 0 Å². The van der Waals surface area contributed by atoms with Crippen molar-refractivity contribution >= 4 is 23.0 Å². The first-order valence-corrected chi connectivity index (χ1v) is 9.17. The smallest absolute Gasteiger partial charge is 0.298 e. The molecule has 0 radical (unpaired) electrons. The number of para-hydroxylation sites is 2. The lowest BCUT2D eigenvalue weighted by Crippen LogP contribution is -2.49. The molecule has 0 atom stereocenters. The summed E-state index contributed by atoms with van der Waals surface area (Å²) in [4.78, 5) is 21.3. The molecule has 0 unspecified atom stereocenters. The van der Waals surface area contributed by atoms with Crippen LogP contribution in [0.3, 0.4) is 0 Å². The number of rotatable bonds is 2. The number of hydrogen-bond acceptors (Lipinski definition) is 6. The van der Waals surface area contributed by atoms with Crippen LogP contribution in [0, 0.1) is 0 Å². The number of carbonyl (C=O) groups excluding carboxylic acids is 1. The summed E-state index contributed by atoms with van der Waals surface area (Å²) >= 11 is 0. The van der Waals surface area contributed by atoms with Gasteiger partial charge in [-0.1, -0.05) is 17.3 Å². The third-order valence-electron chi connectivity index (χ3n) is 5.27. The Balaban J connectivity index is 1.29. The van der Waals surface area contributed by atoms with Crippen LogP contribution in [-0.4, -0.2) is 47.1 Å². The standard InChI is InChI=1S/C19H20N4O3/c24-18(17-13-5-1-3-7-15(13)26-21-17)22-9-11-23(12-10-22)19-20-14-6-2-4-8-16(14)25-19/h2,4,6,8H,1,3,5,7,9-12H2. The predicted molar refractivity (Wildman–Crippen MR) is 95.3 cm³/mol. The van der Waals surface area contributed by atoms with E-state index in [0.29, 0.717) is 37.9 Å². The molecule has 5 rings (SSSR count). The maximum atomic E-state index is 12.9. The molecule has 1 aliphatic carbocycles. The van der Waals surface area contributed by atoms with Gasteiger partial charge in [-0.2, -0.15) is 4.98 Å². The lowest BCUT2D eigenvalue weighted by atomic mass is 9.96. The van der Waals surface area contributed by atoms with Gasteiger partial charge >= 0.3 is 0 Å². The van der Waals surface area contributed by atoms with Crippen molar-refractivity contribution in [2.75, 3.05) is 31.1 Å². The Bertz CT molecular complexity index is 920. The van der Waals surface area contributed by atoms with Gasteiger partial charge in [0.05, 0.1) is 0 Å². The molecule has 1 aliphatic heterocycles. The zero-order valence-corrected chi connectivity index (χ0v) is 14.5. The number of amides is 1. The number of piperazine rings is 1. The molecular weight excluding hydrogens is 332 g/mol. The Hall–Kier alpha value is -2.83. The first kappa shape index (κ1) is 15.4. The van der Waals surface area contributed by atoms with Gasteiger partial charge in [0.2, 0.25) is 0 Å². The molecule has 134 valence electrons. The van der Waals surface area contributed by atoms with Gasteiger partial charge in [0.25, 0.3) is 11.9 Å². The summed E-state index contributed by atoms with van der Waals surface area (Å²) in [6.45, 7) is 2.63. The largest absolute Gasteiger partial charge is 0.423 e. The molecule has 1 aromatic carbocycles. The molecule has 2 aliphatic rings. The highest BCUT2D eigenvalue weighted by Gasteiger charge is 2.30. The molecule has 26 heavy (non-hydrogen) atoms. The average molecular weight is 352 g/mol. The van der Waals surface area contributed by atoms with E-state index in [1.165, 1.54) is 0 Å². The van der Waals surface area contributed by atoms with Gasteiger partial charge in [-0.3, -0.25) is 4.79 Å². The van der Waals surface area contributed by atoms with E-state index in [1.54, 1.807) is 0 Å². The summed E-state index contributed by atoms with van der Waals surface area (Å²) < 4.78 is 11.2. The molecule has 7 nitrogen and oxygen atoms in total. The molecule has 2 aromatic heterocycles. The molecule has 0 bridgehead atoms. The Morgan fingerprint density at radius 3 is 2.69 bits per heavy atom. The fourth-order valence-corrected chi connectivity index (χ4v) is 3.80. The van der Waals surface area contributed by atoms with Crippen LogP contribution in [0.25, 0.3) is 11.1 Å². The first-order valence-electron chi connectivity index (χ1n) is 9.17. The maximum Gasteiger partial charge on any atom is 0.298 e. The highest BCUT2D eigenvalue weighted by Crippen LogP contribution is 2.26. The number of anilines is 1. The molecule has 7 heteroatoms. The lowest BCUT2D eigenvalue weighted by Gasteiger charge is -2.33. The Kier molecular flexibility index (Phi) is 3.65. The number of hydrogen-bond donors (Lipinski definition) is 0. The number of carbonyl (C=O) groups is 1. The number of aromatic nitrogens is 2. The van der Waals surface area contributed by atoms with Crippen LogP contribution in [0.2, 0.25) is 0 Å². The first-order chi connectivity index (χ1) is 12.8. The van der Waals surface area contributed by atoms with Crippen molar-refractivity contribution in [3.8, 4) is 0 Å². The van der Waals surface area contributed by atoms with Crippen molar-refractivity contribution in [1.82, 2.24) is 15.0 Å². The number of fused-ring (bicyclic) bond motifs is 2. The third kappa shape index (κ3) is 2.55. The summed E-state index contributed by atoms with van der Waals surface area (Å²) in [6, 6.07) is 8.36. The minimum absolute atomic E-state index is 0.0193. The molecule has 3 heterocycles. The number of benzene rings is 1. The van der Waals surface area contributed by atoms with Crippen molar-refractivity contribution in [1.29, 1.82) is 0 Å². The summed E-state index contributed by atoms with van der Waals surface area (Å²) in [7, 11) is 0. The van der Waals surface area contributed by atoms with Crippen LogP contribution in [0.5, 0.6) is 0 Å². The monoisotopic (exact) mass is 352 g/mol. The number of aryl methyl sites for hydroxylation is 1. The zero-order chi connectivity index (χ0) is 17.5. The fourth-order valence-electron chi connectivity index (χ4n) is 3.80. The quantitative estimate of drug-likeness (QED) is 0.706. The molecular formula is C19H20N4O3. The fraction of sp³-hybridized carbons (Fsp3) is 0.421. The van der Waals surface area contributed by atoms with Crippen LogP contribution in [-0.2, 0) is 12.8 Å². The minimum Gasteiger partial charge on any atom is -0.423 e. The van der Waals surface area contributed by atoms with Gasteiger partial charge < -0.3 is 18.7 Å². The summed E-state index contributed by atoms with van der Waals surface area (Å²) in [5.74, 6) is 0.874. The predicted octanol–water partition coefficient (Wildman–Crippen LogP) is 2.66. The summed E-state index contributed by atoms with van der Waals surface area (Å²) in [6.07, 6.45) is 3.99. The maximum absolute atomic E-state index is 12.9. The van der Waals surface area contributed by atoms with Crippen molar-refractivity contribution in [2.45, 2.75) is 25.7 Å². The van der Waals surface area contributed by atoms with E-state index < -0.39 is 0 Å². The minimum atomic E-state index is -0.0193. The van der Waals surface area contributed by atoms with E-state index in [9.17, 15) is 4.79 Å². The van der Waals surface area contributed by atoms with Gasteiger partial charge in [0, 0.05) is 38.2 Å². The Labute approximate surface area is 150 Å². The van der Waals surface area contributed by atoms with Crippen LogP contribution in [0.1, 0.15) is 34.7 Å². The summed E-state index contributed by atoms with van der Waals surface area (Å²) in [5.41, 5.74) is 3.17. The Morgan fingerprint density at radius 2 is 1.85 bits per heavy atom. The normalized spacial score (nSPS) is 17.5. The molecule has 1 fully saturated rings. The number of oxazole rings is 1. The van der Waals surface area contributed by atoms with Crippen molar-refractivity contribution in [2.24, 2.45) is 0 Å². The van der Waals surface area contributed by atoms with Gasteiger partial charge in [-0.05, 0) is 31.4 Å². The summed E-state index contributed by atoms with van der Waals surface area (Å²) in [5, 5.41) is 4.07. The van der Waals surface area contributed by atoms with Crippen molar-refractivity contribution in [3.05, 3.63) is 41.3 Å². The van der Waals surface area contributed by atoms with E-state index in [0.717, 1.165) is 48.1 Å². The molecule has 0 spiro atoms. The van der Waals surface area contributed by atoms with Crippen molar-refractivity contribution in [3.63, 3.8) is 0 Å². The molecule has 0 saturated carbocycles. The van der Waals surface area contributed by atoms with Crippen LogP contribution < -0.4 is 4.90 Å². The van der Waals surface area contributed by atoms with Crippen molar-refractivity contribution < 1.29 is 13.7 Å².